The van der Waals surface area contributed by atoms with Gasteiger partial charge in [0.25, 0.3) is 11.8 Å². The molecule has 1 aromatic carbocycles. The van der Waals surface area contributed by atoms with Gasteiger partial charge in [0, 0.05) is 31.2 Å². The fourth-order valence-electron chi connectivity index (χ4n) is 5.23. The van der Waals surface area contributed by atoms with E-state index in [1.165, 1.54) is 23.0 Å². The first kappa shape index (κ1) is 27.8. The van der Waals surface area contributed by atoms with E-state index in [0.717, 1.165) is 22.4 Å². The molecule has 1 saturated carbocycles. The van der Waals surface area contributed by atoms with Crippen molar-refractivity contribution in [3.63, 3.8) is 0 Å². The van der Waals surface area contributed by atoms with Gasteiger partial charge in [-0.05, 0) is 74.3 Å². The van der Waals surface area contributed by atoms with Crippen molar-refractivity contribution in [2.75, 3.05) is 18.4 Å². The molecule has 6 rings (SSSR count). The van der Waals surface area contributed by atoms with Crippen molar-refractivity contribution in [2.45, 2.75) is 50.7 Å². The highest BCUT2D eigenvalue weighted by Gasteiger charge is 2.37. The van der Waals surface area contributed by atoms with Crippen LogP contribution >= 0.6 is 0 Å². The Morgan fingerprint density at radius 3 is 2.40 bits per heavy atom. The molecule has 0 bridgehead atoms. The van der Waals surface area contributed by atoms with E-state index in [2.05, 4.69) is 25.1 Å². The molecule has 1 aliphatic carbocycles. The molecule has 2 amide bonds. The number of piperidine rings is 1. The summed E-state index contributed by atoms with van der Waals surface area (Å²) >= 11 is 0. The number of aryl methyl sites for hydroxylation is 2. The first-order valence-corrected chi connectivity index (χ1v) is 15.3. The number of benzene rings is 1. The molecule has 0 radical (unpaired) electrons. The molecule has 218 valence electrons. The van der Waals surface area contributed by atoms with E-state index in [1.54, 1.807) is 17.2 Å². The quantitative estimate of drug-likeness (QED) is 0.309. The van der Waals surface area contributed by atoms with E-state index < -0.39 is 27.1 Å². The molecule has 4 heterocycles. The smallest absolute Gasteiger partial charge is 0.270 e. The molecule has 0 atom stereocenters. The Morgan fingerprint density at radius 2 is 1.71 bits per heavy atom. The second-order valence-corrected chi connectivity index (χ2v) is 12.9. The molecule has 3 aromatic heterocycles. The third-order valence-corrected chi connectivity index (χ3v) is 9.67. The average molecular weight is 592 g/mol. The second kappa shape index (κ2) is 10.8. The maximum Gasteiger partial charge on any atom is 0.270 e. The van der Waals surface area contributed by atoms with Crippen LogP contribution in [0.5, 0.6) is 0 Å². The van der Waals surface area contributed by atoms with Crippen LogP contribution in [0, 0.1) is 19.8 Å². The maximum absolute atomic E-state index is 13.9. The highest BCUT2D eigenvalue weighted by molar-refractivity contribution is 7.91. The molecular formula is C29H30FN7O4S. The van der Waals surface area contributed by atoms with Gasteiger partial charge in [-0.25, -0.2) is 23.1 Å². The number of rotatable bonds is 7. The normalized spacial score (nSPS) is 16.0. The molecular weight excluding hydrogens is 561 g/mol. The van der Waals surface area contributed by atoms with Gasteiger partial charge in [0.15, 0.2) is 5.65 Å². The third-order valence-electron chi connectivity index (χ3n) is 7.85. The van der Waals surface area contributed by atoms with Gasteiger partial charge in [-0.3, -0.25) is 9.59 Å². The van der Waals surface area contributed by atoms with Crippen molar-refractivity contribution in [1.82, 2.24) is 29.2 Å². The number of likely N-dealkylation sites (tertiary alicyclic amines) is 1. The number of anilines is 2. The monoisotopic (exact) mass is 591 g/mol. The number of pyridine rings is 1. The zero-order valence-corrected chi connectivity index (χ0v) is 24.0. The molecule has 13 heteroatoms. The predicted molar refractivity (Wildman–Crippen MR) is 154 cm³/mol. The van der Waals surface area contributed by atoms with Crippen molar-refractivity contribution in [2.24, 2.45) is 0 Å². The number of carbonyl (C=O) groups excluding carboxylic acids is 2. The first-order chi connectivity index (χ1) is 20.1. The van der Waals surface area contributed by atoms with Crippen LogP contribution in [0.1, 0.15) is 69.0 Å². The molecule has 0 unspecified atom stereocenters. The SMILES string of the molecule is Cc1ccc(C)c(Nc2c(C(=O)N3CCC(c4ccc(F)nc4)CC3)cnc3c(C(=O)NS(=O)(=O)C4CC4)cnn23)c1. The summed E-state index contributed by atoms with van der Waals surface area (Å²) in [6, 6.07) is 8.95. The first-order valence-electron chi connectivity index (χ1n) is 13.8. The number of aromatic nitrogens is 4. The van der Waals surface area contributed by atoms with E-state index in [-0.39, 0.29) is 28.6 Å². The van der Waals surface area contributed by atoms with Gasteiger partial charge in [0.1, 0.15) is 16.9 Å². The van der Waals surface area contributed by atoms with Crippen LogP contribution in [0.3, 0.4) is 0 Å². The zero-order chi connectivity index (χ0) is 29.6. The number of hydrogen-bond acceptors (Lipinski definition) is 8. The Hall–Kier alpha value is -4.39. The second-order valence-electron chi connectivity index (χ2n) is 10.9. The van der Waals surface area contributed by atoms with Crippen molar-refractivity contribution < 1.29 is 22.4 Å². The lowest BCUT2D eigenvalue weighted by Gasteiger charge is -2.32. The molecule has 11 nitrogen and oxygen atoms in total. The summed E-state index contributed by atoms with van der Waals surface area (Å²) in [5.41, 5.74) is 3.97. The predicted octanol–water partition coefficient (Wildman–Crippen LogP) is 3.87. The topological polar surface area (TPSA) is 139 Å². The van der Waals surface area contributed by atoms with E-state index in [1.807, 2.05) is 32.0 Å². The van der Waals surface area contributed by atoms with Gasteiger partial charge in [0.05, 0.1) is 11.4 Å². The van der Waals surface area contributed by atoms with E-state index >= 15 is 0 Å². The van der Waals surface area contributed by atoms with Crippen LogP contribution in [0.2, 0.25) is 0 Å². The molecule has 1 aliphatic heterocycles. The van der Waals surface area contributed by atoms with Crippen molar-refractivity contribution in [1.29, 1.82) is 0 Å². The number of halogens is 1. The lowest BCUT2D eigenvalue weighted by atomic mass is 9.90. The molecule has 2 fully saturated rings. The van der Waals surface area contributed by atoms with Crippen LogP contribution < -0.4 is 10.0 Å². The minimum atomic E-state index is -3.78. The van der Waals surface area contributed by atoms with Crippen molar-refractivity contribution >= 4 is 39.0 Å². The summed E-state index contributed by atoms with van der Waals surface area (Å²) in [5, 5.41) is 7.12. The number of carbonyl (C=O) groups is 2. The number of amides is 2. The minimum Gasteiger partial charge on any atom is -0.339 e. The summed E-state index contributed by atoms with van der Waals surface area (Å²) in [6.45, 7) is 4.85. The van der Waals surface area contributed by atoms with E-state index in [4.69, 9.17) is 0 Å². The molecule has 2 N–H and O–H groups in total. The van der Waals surface area contributed by atoms with Crippen molar-refractivity contribution in [3.8, 4) is 0 Å². The van der Waals surface area contributed by atoms with Gasteiger partial charge in [-0.15, -0.1) is 0 Å². The summed E-state index contributed by atoms with van der Waals surface area (Å²) < 4.78 is 41.6. The molecule has 1 saturated heterocycles. The van der Waals surface area contributed by atoms with Gasteiger partial charge in [-0.2, -0.15) is 14.0 Å². The Balaban J connectivity index is 1.32. The standard InChI is InChI=1S/C29H30FN7O4S/c1-17-3-4-18(2)24(13-17)34-27-23(29(39)36-11-9-19(10-12-36)20-5-8-25(30)31-14-20)15-32-26-22(16-33-37(26)27)28(38)35-42(40,41)21-6-7-21/h3-5,8,13-16,19,21,34H,6-7,9-12H2,1-2H3,(H,35,38). The average Bonchev–Trinajstić information content (AvgIpc) is 3.75. The van der Waals surface area contributed by atoms with Gasteiger partial charge in [-0.1, -0.05) is 18.2 Å². The Morgan fingerprint density at radius 1 is 0.952 bits per heavy atom. The lowest BCUT2D eigenvalue weighted by molar-refractivity contribution is 0.0713. The fraction of sp³-hybridized carbons (Fsp3) is 0.345. The zero-order valence-electron chi connectivity index (χ0n) is 23.2. The number of fused-ring (bicyclic) bond motifs is 1. The highest BCUT2D eigenvalue weighted by atomic mass is 32.2. The Bertz CT molecular complexity index is 1790. The molecule has 0 spiro atoms. The lowest BCUT2D eigenvalue weighted by Crippen LogP contribution is -2.38. The van der Waals surface area contributed by atoms with E-state index in [0.29, 0.717) is 44.6 Å². The van der Waals surface area contributed by atoms with Gasteiger partial charge >= 0.3 is 0 Å². The summed E-state index contributed by atoms with van der Waals surface area (Å²) in [7, 11) is -3.78. The fourth-order valence-corrected chi connectivity index (χ4v) is 6.52. The molecule has 2 aliphatic rings. The number of nitrogens with zero attached hydrogens (tertiary/aromatic N) is 5. The third kappa shape index (κ3) is 5.43. The number of hydrogen-bond donors (Lipinski definition) is 2. The Kier molecular flexibility index (Phi) is 7.13. The number of nitrogens with one attached hydrogen (secondary N) is 2. The van der Waals surface area contributed by atoms with E-state index in [9.17, 15) is 22.4 Å². The van der Waals surface area contributed by atoms with Crippen LogP contribution in [-0.2, 0) is 10.0 Å². The molecule has 4 aromatic rings. The molecule has 42 heavy (non-hydrogen) atoms. The summed E-state index contributed by atoms with van der Waals surface area (Å²) in [4.78, 5) is 36.7. The number of sulfonamides is 1. The van der Waals surface area contributed by atoms with Gasteiger partial charge < -0.3 is 10.2 Å². The van der Waals surface area contributed by atoms with Crippen LogP contribution in [0.25, 0.3) is 5.65 Å². The summed E-state index contributed by atoms with van der Waals surface area (Å²) in [6.07, 6.45) is 6.61. The van der Waals surface area contributed by atoms with Crippen molar-refractivity contribution in [3.05, 3.63) is 82.7 Å². The highest BCUT2D eigenvalue weighted by Crippen LogP contribution is 2.31. The minimum absolute atomic E-state index is 0.0176. The van der Waals surface area contributed by atoms with Crippen LogP contribution in [0.15, 0.2) is 48.9 Å². The Labute approximate surface area is 242 Å². The van der Waals surface area contributed by atoms with Crippen LogP contribution in [0.4, 0.5) is 15.9 Å². The maximum atomic E-state index is 13.9. The van der Waals surface area contributed by atoms with Gasteiger partial charge in [0.2, 0.25) is 16.0 Å². The summed E-state index contributed by atoms with van der Waals surface area (Å²) in [5.74, 6) is -1.13. The largest absolute Gasteiger partial charge is 0.339 e. The van der Waals surface area contributed by atoms with Crippen LogP contribution in [-0.4, -0.2) is 63.1 Å².